The van der Waals surface area contributed by atoms with E-state index in [9.17, 15) is 13.2 Å². The van der Waals surface area contributed by atoms with Crippen LogP contribution in [-0.2, 0) is 9.84 Å². The molecule has 0 spiro atoms. The van der Waals surface area contributed by atoms with Gasteiger partial charge in [0.25, 0.3) is 5.91 Å². The summed E-state index contributed by atoms with van der Waals surface area (Å²) in [7, 11) is -3.11. The van der Waals surface area contributed by atoms with Gasteiger partial charge in [0.05, 0.1) is 34.3 Å². The Labute approximate surface area is 199 Å². The fourth-order valence-corrected chi connectivity index (χ4v) is 7.21. The molecule has 0 radical (unpaired) electrons. The highest BCUT2D eigenvalue weighted by Gasteiger charge is 2.35. The molecule has 0 N–H and O–H groups in total. The second-order valence-electron chi connectivity index (χ2n) is 9.21. The highest BCUT2D eigenvalue weighted by molar-refractivity contribution is 7.91. The number of carbonyl (C=O) groups is 1. The quantitative estimate of drug-likeness (QED) is 0.477. The first-order valence-electron chi connectivity index (χ1n) is 11.6. The molecule has 1 fully saturated rings. The van der Waals surface area contributed by atoms with Gasteiger partial charge in [0.15, 0.2) is 15.5 Å². The SMILES string of the molecule is CCCCN(C(=O)c1cc(-c2cc(C)sc2C)nc2c1cnn2C(C)C)C1CCS(=O)(=O)C1. The third-order valence-corrected chi connectivity index (χ3v) is 8.98. The van der Waals surface area contributed by atoms with Gasteiger partial charge < -0.3 is 4.90 Å². The Balaban J connectivity index is 1.86. The van der Waals surface area contributed by atoms with Gasteiger partial charge in [-0.1, -0.05) is 13.3 Å². The molecule has 1 aliphatic rings. The van der Waals surface area contributed by atoms with E-state index in [0.717, 1.165) is 29.0 Å². The van der Waals surface area contributed by atoms with Crippen molar-refractivity contribution in [1.82, 2.24) is 19.7 Å². The monoisotopic (exact) mass is 488 g/mol. The van der Waals surface area contributed by atoms with Crippen LogP contribution in [0.5, 0.6) is 0 Å². The smallest absolute Gasteiger partial charge is 0.255 e. The Hall–Kier alpha value is -2.26. The third kappa shape index (κ3) is 4.71. The zero-order valence-electron chi connectivity index (χ0n) is 20.0. The highest BCUT2D eigenvalue weighted by atomic mass is 32.2. The molecule has 0 bridgehead atoms. The van der Waals surface area contributed by atoms with Crippen molar-refractivity contribution in [3.05, 3.63) is 33.6 Å². The molecule has 1 unspecified atom stereocenters. The predicted octanol–water partition coefficient (Wildman–Crippen LogP) is 4.79. The number of aromatic nitrogens is 3. The summed E-state index contributed by atoms with van der Waals surface area (Å²) >= 11 is 1.71. The molecule has 3 aromatic rings. The second-order valence-corrected chi connectivity index (χ2v) is 12.9. The summed E-state index contributed by atoms with van der Waals surface area (Å²) in [5.74, 6) is 0.0491. The topological polar surface area (TPSA) is 85.2 Å². The minimum Gasteiger partial charge on any atom is -0.335 e. The minimum atomic E-state index is -3.11. The van der Waals surface area contributed by atoms with Crippen molar-refractivity contribution in [2.75, 3.05) is 18.1 Å². The van der Waals surface area contributed by atoms with E-state index in [1.807, 2.05) is 24.6 Å². The first-order valence-corrected chi connectivity index (χ1v) is 14.2. The lowest BCUT2D eigenvalue weighted by Gasteiger charge is -2.28. The standard InChI is InChI=1S/C24H32N4O3S2/c1-6-7-9-27(18-8-10-33(30,31)14-18)24(29)20-12-22(19-11-16(4)32-17(19)5)26-23-21(20)13-25-28(23)15(2)3/h11-13,15,18H,6-10,14H2,1-5H3. The van der Waals surface area contributed by atoms with Crippen LogP contribution < -0.4 is 0 Å². The van der Waals surface area contributed by atoms with Crippen LogP contribution in [0.1, 0.15) is 66.2 Å². The molecule has 1 amide bonds. The summed E-state index contributed by atoms with van der Waals surface area (Å²) in [6.45, 7) is 10.8. The molecule has 1 aliphatic heterocycles. The maximum Gasteiger partial charge on any atom is 0.255 e. The van der Waals surface area contributed by atoms with E-state index in [1.165, 1.54) is 4.88 Å². The molecule has 7 nitrogen and oxygen atoms in total. The van der Waals surface area contributed by atoms with E-state index >= 15 is 0 Å². The maximum atomic E-state index is 14.0. The molecule has 3 aromatic heterocycles. The van der Waals surface area contributed by atoms with Crippen molar-refractivity contribution in [2.45, 2.75) is 66.0 Å². The highest BCUT2D eigenvalue weighted by Crippen LogP contribution is 2.33. The van der Waals surface area contributed by atoms with Crippen LogP contribution in [0.4, 0.5) is 0 Å². The maximum absolute atomic E-state index is 14.0. The Morgan fingerprint density at radius 3 is 2.64 bits per heavy atom. The van der Waals surface area contributed by atoms with Gasteiger partial charge in [-0.3, -0.25) is 4.79 Å². The first kappa shape index (κ1) is 23.9. The summed E-state index contributed by atoms with van der Waals surface area (Å²) in [6.07, 6.45) is 3.97. The summed E-state index contributed by atoms with van der Waals surface area (Å²) in [5.41, 5.74) is 3.01. The van der Waals surface area contributed by atoms with Crippen molar-refractivity contribution in [3.63, 3.8) is 0 Å². The number of hydrogen-bond acceptors (Lipinski definition) is 6. The van der Waals surface area contributed by atoms with E-state index in [2.05, 4.69) is 31.9 Å². The molecule has 9 heteroatoms. The van der Waals surface area contributed by atoms with E-state index in [0.29, 0.717) is 29.6 Å². The van der Waals surface area contributed by atoms with E-state index in [-0.39, 0.29) is 29.5 Å². The number of nitrogens with zero attached hydrogens (tertiary/aromatic N) is 4. The number of amides is 1. The van der Waals surface area contributed by atoms with Crippen LogP contribution >= 0.6 is 11.3 Å². The van der Waals surface area contributed by atoms with Crippen molar-refractivity contribution >= 4 is 38.1 Å². The average Bonchev–Trinajstić information content (AvgIpc) is 3.43. The van der Waals surface area contributed by atoms with Crippen LogP contribution in [0.15, 0.2) is 18.3 Å². The molecule has 33 heavy (non-hydrogen) atoms. The molecule has 0 aliphatic carbocycles. The molecule has 0 saturated carbocycles. The van der Waals surface area contributed by atoms with Gasteiger partial charge in [-0.2, -0.15) is 5.10 Å². The van der Waals surface area contributed by atoms with Crippen molar-refractivity contribution in [2.24, 2.45) is 0 Å². The predicted molar refractivity (Wildman–Crippen MR) is 134 cm³/mol. The minimum absolute atomic E-state index is 0.0393. The van der Waals surface area contributed by atoms with Gasteiger partial charge in [-0.25, -0.2) is 18.1 Å². The molecule has 1 atom stereocenters. The number of carbonyl (C=O) groups excluding carboxylic acids is 1. The van der Waals surface area contributed by atoms with Gasteiger partial charge in [-0.05, 0) is 52.7 Å². The van der Waals surface area contributed by atoms with Gasteiger partial charge in [0.1, 0.15) is 0 Å². The van der Waals surface area contributed by atoms with Gasteiger partial charge in [-0.15, -0.1) is 11.3 Å². The Bertz CT molecular complexity index is 1290. The number of thiophene rings is 1. The van der Waals surface area contributed by atoms with Crippen LogP contribution in [-0.4, -0.2) is 58.1 Å². The summed E-state index contributed by atoms with van der Waals surface area (Å²) in [6, 6.07) is 3.78. The fraction of sp³-hybridized carbons (Fsp3) is 0.542. The lowest BCUT2D eigenvalue weighted by atomic mass is 10.0. The van der Waals surface area contributed by atoms with Gasteiger partial charge >= 0.3 is 0 Å². The summed E-state index contributed by atoms with van der Waals surface area (Å²) in [4.78, 5) is 23.0. The number of hydrogen-bond donors (Lipinski definition) is 0. The molecule has 0 aromatic carbocycles. The Kier molecular flexibility index (Phi) is 6.64. The number of aryl methyl sites for hydroxylation is 2. The molecular formula is C24H32N4O3S2. The average molecular weight is 489 g/mol. The van der Waals surface area contributed by atoms with Crippen LogP contribution in [0, 0.1) is 13.8 Å². The van der Waals surface area contributed by atoms with Crippen LogP contribution in [0.3, 0.4) is 0 Å². The number of sulfone groups is 1. The fourth-order valence-electron chi connectivity index (χ4n) is 4.55. The number of rotatable bonds is 7. The van der Waals surface area contributed by atoms with Crippen molar-refractivity contribution in [3.8, 4) is 11.3 Å². The molecule has 178 valence electrons. The zero-order chi connectivity index (χ0) is 23.9. The molecule has 4 heterocycles. The summed E-state index contributed by atoms with van der Waals surface area (Å²) in [5, 5.41) is 5.24. The van der Waals surface area contributed by atoms with Crippen molar-refractivity contribution in [1.29, 1.82) is 0 Å². The number of fused-ring (bicyclic) bond motifs is 1. The first-order chi connectivity index (χ1) is 15.6. The van der Waals surface area contributed by atoms with Crippen LogP contribution in [0.25, 0.3) is 22.3 Å². The Morgan fingerprint density at radius 2 is 2.06 bits per heavy atom. The third-order valence-electron chi connectivity index (χ3n) is 6.27. The normalized spacial score (nSPS) is 17.8. The molecule has 4 rings (SSSR count). The zero-order valence-corrected chi connectivity index (χ0v) is 21.6. The Morgan fingerprint density at radius 1 is 1.30 bits per heavy atom. The van der Waals surface area contributed by atoms with Gasteiger partial charge in [0.2, 0.25) is 0 Å². The lowest BCUT2D eigenvalue weighted by molar-refractivity contribution is 0.0696. The van der Waals surface area contributed by atoms with Crippen molar-refractivity contribution < 1.29 is 13.2 Å². The largest absolute Gasteiger partial charge is 0.335 e. The van der Waals surface area contributed by atoms with E-state index < -0.39 is 9.84 Å². The number of unbranched alkanes of at least 4 members (excludes halogenated alkanes) is 1. The second kappa shape index (κ2) is 9.18. The van der Waals surface area contributed by atoms with Gasteiger partial charge in [0, 0.05) is 33.9 Å². The molecular weight excluding hydrogens is 456 g/mol. The lowest BCUT2D eigenvalue weighted by Crippen LogP contribution is -2.42. The summed E-state index contributed by atoms with van der Waals surface area (Å²) < 4.78 is 26.2. The van der Waals surface area contributed by atoms with E-state index in [1.54, 1.807) is 22.4 Å². The number of pyridine rings is 1. The molecule has 1 saturated heterocycles. The van der Waals surface area contributed by atoms with E-state index in [4.69, 9.17) is 4.98 Å². The van der Waals surface area contributed by atoms with Crippen LogP contribution in [0.2, 0.25) is 0 Å².